The Hall–Kier alpha value is -1.06. The second-order valence-electron chi connectivity index (χ2n) is 4.11. The number of piperidine rings is 1. The quantitative estimate of drug-likeness (QED) is 0.782. The van der Waals surface area contributed by atoms with E-state index in [0.29, 0.717) is 13.2 Å². The molecule has 1 aromatic carbocycles. The molecule has 0 aliphatic carbocycles. The van der Waals surface area contributed by atoms with Gasteiger partial charge in [-0.05, 0) is 31.5 Å². The van der Waals surface area contributed by atoms with Crippen molar-refractivity contribution in [3.05, 3.63) is 30.3 Å². The first-order chi connectivity index (χ1) is 7.29. The van der Waals surface area contributed by atoms with Crippen LogP contribution in [0.3, 0.4) is 0 Å². The van der Waals surface area contributed by atoms with Crippen LogP contribution in [0.25, 0.3) is 0 Å². The zero-order valence-electron chi connectivity index (χ0n) is 8.78. The number of rotatable bonds is 3. The molecule has 15 heavy (non-hydrogen) atoms. The van der Waals surface area contributed by atoms with Crippen LogP contribution >= 0.6 is 0 Å². The molecule has 3 heteroatoms. The average Bonchev–Trinajstić information content (AvgIpc) is 2.29. The molecule has 0 bridgehead atoms. The number of para-hydroxylation sites is 1. The molecule has 0 saturated carbocycles. The zero-order valence-corrected chi connectivity index (χ0v) is 8.78. The summed E-state index contributed by atoms with van der Waals surface area (Å²) >= 11 is 0. The summed E-state index contributed by atoms with van der Waals surface area (Å²) in [7, 11) is 0. The van der Waals surface area contributed by atoms with E-state index in [-0.39, 0.29) is 0 Å². The van der Waals surface area contributed by atoms with Gasteiger partial charge in [-0.25, -0.2) is 0 Å². The number of hydrogen-bond acceptors (Lipinski definition) is 3. The van der Waals surface area contributed by atoms with Gasteiger partial charge in [0.15, 0.2) is 0 Å². The lowest BCUT2D eigenvalue weighted by molar-refractivity contribution is -0.0230. The number of hydrogen-bond donors (Lipinski definition) is 2. The third-order valence-electron chi connectivity index (χ3n) is 2.70. The summed E-state index contributed by atoms with van der Waals surface area (Å²) in [4.78, 5) is 0. The van der Waals surface area contributed by atoms with E-state index in [4.69, 9.17) is 4.74 Å². The van der Waals surface area contributed by atoms with Crippen LogP contribution < -0.4 is 10.1 Å². The predicted octanol–water partition coefficient (Wildman–Crippen LogP) is 1.18. The van der Waals surface area contributed by atoms with Crippen molar-refractivity contribution >= 4 is 0 Å². The molecule has 1 unspecified atom stereocenters. The Morgan fingerprint density at radius 1 is 1.33 bits per heavy atom. The van der Waals surface area contributed by atoms with Crippen molar-refractivity contribution in [1.82, 2.24) is 5.32 Å². The molecule has 1 fully saturated rings. The molecule has 82 valence electrons. The molecule has 0 amide bonds. The summed E-state index contributed by atoms with van der Waals surface area (Å²) in [5.74, 6) is 0.816. The Kier molecular flexibility index (Phi) is 3.23. The van der Waals surface area contributed by atoms with Gasteiger partial charge < -0.3 is 15.2 Å². The van der Waals surface area contributed by atoms with Crippen molar-refractivity contribution in [2.24, 2.45) is 0 Å². The molecule has 0 radical (unpaired) electrons. The number of nitrogens with one attached hydrogen (secondary N) is 1. The van der Waals surface area contributed by atoms with Crippen LogP contribution in [-0.2, 0) is 0 Å². The highest BCUT2D eigenvalue weighted by atomic mass is 16.5. The minimum Gasteiger partial charge on any atom is -0.491 e. The van der Waals surface area contributed by atoms with Crippen molar-refractivity contribution in [1.29, 1.82) is 0 Å². The predicted molar refractivity (Wildman–Crippen MR) is 59.0 cm³/mol. The van der Waals surface area contributed by atoms with Gasteiger partial charge in [-0.2, -0.15) is 0 Å². The van der Waals surface area contributed by atoms with Crippen LogP contribution in [0.1, 0.15) is 12.8 Å². The van der Waals surface area contributed by atoms with Gasteiger partial charge in [0, 0.05) is 6.54 Å². The van der Waals surface area contributed by atoms with E-state index in [1.807, 2.05) is 30.3 Å². The normalized spacial score (nSPS) is 26.2. The van der Waals surface area contributed by atoms with E-state index >= 15 is 0 Å². The summed E-state index contributed by atoms with van der Waals surface area (Å²) in [5.41, 5.74) is -0.700. The van der Waals surface area contributed by atoms with Gasteiger partial charge >= 0.3 is 0 Å². The first-order valence-electron chi connectivity index (χ1n) is 5.39. The van der Waals surface area contributed by atoms with Crippen LogP contribution in [0.4, 0.5) is 0 Å². The maximum atomic E-state index is 10.1. The standard InChI is InChI=1S/C12H17NO2/c14-12(7-4-8-13-9-12)10-15-11-5-2-1-3-6-11/h1-3,5-6,13-14H,4,7-10H2. The van der Waals surface area contributed by atoms with Crippen LogP contribution in [0.2, 0.25) is 0 Å². The summed E-state index contributed by atoms with van der Waals surface area (Å²) < 4.78 is 5.56. The highest BCUT2D eigenvalue weighted by Crippen LogP contribution is 2.18. The third kappa shape index (κ3) is 2.94. The highest BCUT2D eigenvalue weighted by molar-refractivity contribution is 5.21. The zero-order chi connectivity index (χ0) is 10.6. The third-order valence-corrected chi connectivity index (χ3v) is 2.70. The lowest BCUT2D eigenvalue weighted by atomic mass is 9.95. The van der Waals surface area contributed by atoms with Gasteiger partial charge in [0.1, 0.15) is 18.0 Å². The lowest BCUT2D eigenvalue weighted by Crippen LogP contribution is -2.49. The van der Waals surface area contributed by atoms with Crippen molar-refractivity contribution in [3.63, 3.8) is 0 Å². The maximum absolute atomic E-state index is 10.1. The van der Waals surface area contributed by atoms with E-state index in [9.17, 15) is 5.11 Å². The van der Waals surface area contributed by atoms with E-state index in [0.717, 1.165) is 25.1 Å². The SMILES string of the molecule is OC1(COc2ccccc2)CCCNC1. The Labute approximate surface area is 90.1 Å². The number of ether oxygens (including phenoxy) is 1. The van der Waals surface area contributed by atoms with Gasteiger partial charge in [-0.1, -0.05) is 18.2 Å². The van der Waals surface area contributed by atoms with Crippen LogP contribution in [0.15, 0.2) is 30.3 Å². The molecule has 0 aromatic heterocycles. The molecule has 1 aromatic rings. The lowest BCUT2D eigenvalue weighted by Gasteiger charge is -2.32. The molecule has 3 nitrogen and oxygen atoms in total. The monoisotopic (exact) mass is 207 g/mol. The molecule has 0 spiro atoms. The Balaban J connectivity index is 1.87. The molecular formula is C12H17NO2. The van der Waals surface area contributed by atoms with Crippen LogP contribution in [-0.4, -0.2) is 30.4 Å². The van der Waals surface area contributed by atoms with Crippen molar-refractivity contribution in [2.75, 3.05) is 19.7 Å². The van der Waals surface area contributed by atoms with Gasteiger partial charge in [-0.3, -0.25) is 0 Å². The van der Waals surface area contributed by atoms with Crippen molar-refractivity contribution in [2.45, 2.75) is 18.4 Å². The van der Waals surface area contributed by atoms with E-state index < -0.39 is 5.60 Å². The fourth-order valence-corrected chi connectivity index (χ4v) is 1.81. The largest absolute Gasteiger partial charge is 0.491 e. The fourth-order valence-electron chi connectivity index (χ4n) is 1.81. The number of β-amino-alcohol motifs (C(OH)–C–C–N with tert-alkyl or cyclic N) is 1. The second kappa shape index (κ2) is 4.64. The minimum absolute atomic E-state index is 0.365. The van der Waals surface area contributed by atoms with Crippen LogP contribution in [0, 0.1) is 0 Å². The summed E-state index contributed by atoms with van der Waals surface area (Å²) in [5, 5.41) is 13.3. The van der Waals surface area contributed by atoms with Crippen molar-refractivity contribution in [3.8, 4) is 5.75 Å². The second-order valence-corrected chi connectivity index (χ2v) is 4.11. The summed E-state index contributed by atoms with van der Waals surface area (Å²) in [6, 6.07) is 9.61. The highest BCUT2D eigenvalue weighted by Gasteiger charge is 2.29. The smallest absolute Gasteiger partial charge is 0.119 e. The van der Waals surface area contributed by atoms with Gasteiger partial charge in [-0.15, -0.1) is 0 Å². The molecule has 1 atom stereocenters. The number of aliphatic hydroxyl groups is 1. The molecule has 1 heterocycles. The van der Waals surface area contributed by atoms with E-state index in [1.165, 1.54) is 0 Å². The van der Waals surface area contributed by atoms with Gasteiger partial charge in [0.25, 0.3) is 0 Å². The molecule has 1 aliphatic rings. The Bertz CT molecular complexity index is 294. The molecule has 2 rings (SSSR count). The molecule has 1 saturated heterocycles. The first-order valence-corrected chi connectivity index (χ1v) is 5.39. The topological polar surface area (TPSA) is 41.5 Å². The fraction of sp³-hybridized carbons (Fsp3) is 0.500. The van der Waals surface area contributed by atoms with Crippen molar-refractivity contribution < 1.29 is 9.84 Å². The molecule has 2 N–H and O–H groups in total. The average molecular weight is 207 g/mol. The maximum Gasteiger partial charge on any atom is 0.119 e. The first kappa shape index (κ1) is 10.5. The van der Waals surface area contributed by atoms with E-state index in [1.54, 1.807) is 0 Å². The van der Waals surface area contributed by atoms with E-state index in [2.05, 4.69) is 5.32 Å². The van der Waals surface area contributed by atoms with Crippen LogP contribution in [0.5, 0.6) is 5.75 Å². The molecular weight excluding hydrogens is 190 g/mol. The Morgan fingerprint density at radius 3 is 2.80 bits per heavy atom. The number of benzene rings is 1. The summed E-state index contributed by atoms with van der Waals surface area (Å²) in [6.07, 6.45) is 1.82. The summed E-state index contributed by atoms with van der Waals surface area (Å²) in [6.45, 7) is 1.98. The van der Waals surface area contributed by atoms with Gasteiger partial charge in [0.05, 0.1) is 0 Å². The Morgan fingerprint density at radius 2 is 2.13 bits per heavy atom. The minimum atomic E-state index is -0.700. The molecule has 1 aliphatic heterocycles. The van der Waals surface area contributed by atoms with Gasteiger partial charge in [0.2, 0.25) is 0 Å².